The fourth-order valence-electron chi connectivity index (χ4n) is 3.01. The number of pyridine rings is 1. The van der Waals surface area contributed by atoms with E-state index in [1.54, 1.807) is 24.1 Å². The fraction of sp³-hybridized carbons (Fsp3) is 0.438. The molecule has 1 amide bonds. The number of rotatable bonds is 5. The standard InChI is InChI=1S/C16H22FN7O/c1-24-8-9(7-20-24)21-15-10(14(19)25)6-11(17)16(23-15)22-13-5-3-2-4-12(13)18/h6-8,12-13H,2-5,18H2,1H3,(H2,19,25)(H2,21,22,23). The van der Waals surface area contributed by atoms with E-state index in [2.05, 4.69) is 20.7 Å². The number of hydrogen-bond donors (Lipinski definition) is 4. The molecular formula is C16H22FN7O. The van der Waals surface area contributed by atoms with Crippen molar-refractivity contribution in [2.24, 2.45) is 18.5 Å². The average Bonchev–Trinajstić information content (AvgIpc) is 2.97. The molecule has 8 nitrogen and oxygen atoms in total. The van der Waals surface area contributed by atoms with E-state index in [1.165, 1.54) is 0 Å². The van der Waals surface area contributed by atoms with Gasteiger partial charge in [0.1, 0.15) is 5.82 Å². The molecule has 0 saturated heterocycles. The zero-order chi connectivity index (χ0) is 18.0. The Morgan fingerprint density at radius 2 is 2.12 bits per heavy atom. The molecule has 0 bridgehead atoms. The van der Waals surface area contributed by atoms with E-state index in [0.29, 0.717) is 5.69 Å². The Labute approximate surface area is 144 Å². The summed E-state index contributed by atoms with van der Waals surface area (Å²) in [6, 6.07) is 0.979. The summed E-state index contributed by atoms with van der Waals surface area (Å²) in [5.41, 5.74) is 12.0. The van der Waals surface area contributed by atoms with Crippen LogP contribution in [0, 0.1) is 5.82 Å². The molecule has 1 aliphatic rings. The summed E-state index contributed by atoms with van der Waals surface area (Å²) in [7, 11) is 1.76. The lowest BCUT2D eigenvalue weighted by Gasteiger charge is -2.30. The van der Waals surface area contributed by atoms with E-state index in [4.69, 9.17) is 11.5 Å². The van der Waals surface area contributed by atoms with Gasteiger partial charge in [-0.1, -0.05) is 12.8 Å². The molecule has 2 aromatic heterocycles. The van der Waals surface area contributed by atoms with Gasteiger partial charge in [-0.3, -0.25) is 9.48 Å². The third-order valence-electron chi connectivity index (χ3n) is 4.35. The zero-order valence-electron chi connectivity index (χ0n) is 14.0. The van der Waals surface area contributed by atoms with Gasteiger partial charge < -0.3 is 22.1 Å². The first-order valence-electron chi connectivity index (χ1n) is 8.22. The first-order valence-corrected chi connectivity index (χ1v) is 8.22. The van der Waals surface area contributed by atoms with E-state index in [1.807, 2.05) is 0 Å². The molecule has 1 aliphatic carbocycles. The van der Waals surface area contributed by atoms with Gasteiger partial charge >= 0.3 is 0 Å². The number of nitrogens with zero attached hydrogens (tertiary/aromatic N) is 3. The topological polar surface area (TPSA) is 124 Å². The molecule has 0 aromatic carbocycles. The Morgan fingerprint density at radius 3 is 2.76 bits per heavy atom. The summed E-state index contributed by atoms with van der Waals surface area (Å²) < 4.78 is 16.0. The minimum atomic E-state index is -0.765. The van der Waals surface area contributed by atoms with Gasteiger partial charge in [0.25, 0.3) is 5.91 Å². The van der Waals surface area contributed by atoms with Crippen LogP contribution in [0.25, 0.3) is 0 Å². The van der Waals surface area contributed by atoms with Crippen LogP contribution in [-0.4, -0.2) is 32.8 Å². The normalized spacial score (nSPS) is 20.3. The third-order valence-corrected chi connectivity index (χ3v) is 4.35. The second-order valence-electron chi connectivity index (χ2n) is 6.31. The molecule has 2 atom stereocenters. The quantitative estimate of drug-likeness (QED) is 0.649. The first-order chi connectivity index (χ1) is 11.9. The van der Waals surface area contributed by atoms with Gasteiger partial charge in [-0.2, -0.15) is 5.10 Å². The summed E-state index contributed by atoms with van der Waals surface area (Å²) in [5, 5.41) is 10.1. The largest absolute Gasteiger partial charge is 0.365 e. The molecule has 1 saturated carbocycles. The van der Waals surface area contributed by atoms with Crippen molar-refractivity contribution in [3.05, 3.63) is 29.8 Å². The highest BCUT2D eigenvalue weighted by Crippen LogP contribution is 2.26. The molecule has 134 valence electrons. The Kier molecular flexibility index (Phi) is 4.84. The van der Waals surface area contributed by atoms with Crippen LogP contribution in [0.1, 0.15) is 36.0 Å². The van der Waals surface area contributed by atoms with Gasteiger partial charge in [-0.25, -0.2) is 9.37 Å². The van der Waals surface area contributed by atoms with Crippen molar-refractivity contribution >= 4 is 23.2 Å². The highest BCUT2D eigenvalue weighted by atomic mass is 19.1. The van der Waals surface area contributed by atoms with Crippen LogP contribution < -0.4 is 22.1 Å². The molecule has 9 heteroatoms. The molecule has 0 radical (unpaired) electrons. The van der Waals surface area contributed by atoms with Crippen LogP contribution in [0.4, 0.5) is 21.7 Å². The predicted octanol–water partition coefficient (Wildman–Crippen LogP) is 1.48. The van der Waals surface area contributed by atoms with Crippen LogP contribution in [0.2, 0.25) is 0 Å². The third kappa shape index (κ3) is 3.87. The lowest BCUT2D eigenvalue weighted by atomic mass is 9.91. The van der Waals surface area contributed by atoms with Gasteiger partial charge in [0.15, 0.2) is 11.6 Å². The number of amides is 1. The molecule has 2 unspecified atom stereocenters. The van der Waals surface area contributed by atoms with Crippen molar-refractivity contribution < 1.29 is 9.18 Å². The number of nitrogens with two attached hydrogens (primary N) is 2. The summed E-state index contributed by atoms with van der Waals surface area (Å²) in [4.78, 5) is 15.9. The molecular weight excluding hydrogens is 325 g/mol. The van der Waals surface area contributed by atoms with Crippen LogP contribution >= 0.6 is 0 Å². The molecule has 2 heterocycles. The van der Waals surface area contributed by atoms with Crippen LogP contribution in [0.5, 0.6) is 0 Å². The SMILES string of the molecule is Cn1cc(Nc2nc(NC3CCCCC3N)c(F)cc2C(N)=O)cn1. The summed E-state index contributed by atoms with van der Waals surface area (Å²) in [5.74, 6) is -1.17. The van der Waals surface area contributed by atoms with Crippen molar-refractivity contribution in [3.63, 3.8) is 0 Å². The maximum absolute atomic E-state index is 14.4. The van der Waals surface area contributed by atoms with Gasteiger partial charge in [0.2, 0.25) is 0 Å². The minimum Gasteiger partial charge on any atom is -0.365 e. The van der Waals surface area contributed by atoms with Gasteiger partial charge in [-0.15, -0.1) is 0 Å². The first kappa shape index (κ1) is 17.2. The number of carbonyl (C=O) groups is 1. The van der Waals surface area contributed by atoms with Crippen molar-refractivity contribution in [1.29, 1.82) is 0 Å². The Balaban J connectivity index is 1.90. The molecule has 0 aliphatic heterocycles. The van der Waals surface area contributed by atoms with Crippen molar-refractivity contribution in [1.82, 2.24) is 14.8 Å². The summed E-state index contributed by atoms with van der Waals surface area (Å²) >= 11 is 0. The van der Waals surface area contributed by atoms with E-state index in [9.17, 15) is 9.18 Å². The van der Waals surface area contributed by atoms with E-state index >= 15 is 0 Å². The zero-order valence-corrected chi connectivity index (χ0v) is 14.0. The Bertz CT molecular complexity index is 776. The monoisotopic (exact) mass is 347 g/mol. The lowest BCUT2D eigenvalue weighted by molar-refractivity contribution is 0.100. The molecule has 6 N–H and O–H groups in total. The average molecular weight is 347 g/mol. The van der Waals surface area contributed by atoms with Crippen LogP contribution in [-0.2, 0) is 7.05 Å². The van der Waals surface area contributed by atoms with Crippen molar-refractivity contribution in [2.75, 3.05) is 10.6 Å². The van der Waals surface area contributed by atoms with Crippen molar-refractivity contribution in [3.8, 4) is 0 Å². The molecule has 2 aromatic rings. The van der Waals surface area contributed by atoms with Gasteiger partial charge in [0.05, 0.1) is 17.4 Å². The minimum absolute atomic E-state index is 0.0279. The number of hydrogen-bond acceptors (Lipinski definition) is 6. The van der Waals surface area contributed by atoms with E-state index in [-0.39, 0.29) is 29.3 Å². The molecule has 3 rings (SSSR count). The second-order valence-corrected chi connectivity index (χ2v) is 6.31. The van der Waals surface area contributed by atoms with Gasteiger partial charge in [-0.05, 0) is 18.9 Å². The molecule has 1 fully saturated rings. The Hall–Kier alpha value is -2.68. The molecule has 0 spiro atoms. The van der Waals surface area contributed by atoms with Crippen molar-refractivity contribution in [2.45, 2.75) is 37.8 Å². The summed E-state index contributed by atoms with van der Waals surface area (Å²) in [6.45, 7) is 0. The number of aryl methyl sites for hydroxylation is 1. The van der Waals surface area contributed by atoms with Crippen LogP contribution in [0.3, 0.4) is 0 Å². The smallest absolute Gasteiger partial charge is 0.252 e. The van der Waals surface area contributed by atoms with E-state index < -0.39 is 11.7 Å². The van der Waals surface area contributed by atoms with Crippen LogP contribution in [0.15, 0.2) is 18.5 Å². The Morgan fingerprint density at radius 1 is 1.36 bits per heavy atom. The fourth-order valence-corrected chi connectivity index (χ4v) is 3.01. The second kappa shape index (κ2) is 7.06. The highest BCUT2D eigenvalue weighted by molar-refractivity contribution is 5.98. The predicted molar refractivity (Wildman–Crippen MR) is 93.1 cm³/mol. The number of nitrogens with one attached hydrogen (secondary N) is 2. The number of anilines is 3. The van der Waals surface area contributed by atoms with E-state index in [0.717, 1.165) is 31.7 Å². The lowest BCUT2D eigenvalue weighted by Crippen LogP contribution is -2.43. The maximum Gasteiger partial charge on any atom is 0.252 e. The summed E-state index contributed by atoms with van der Waals surface area (Å²) in [6.07, 6.45) is 7.13. The number of halogens is 1. The number of primary amides is 1. The highest BCUT2D eigenvalue weighted by Gasteiger charge is 2.24. The molecule has 25 heavy (non-hydrogen) atoms. The van der Waals surface area contributed by atoms with Gasteiger partial charge in [0, 0.05) is 25.3 Å². The maximum atomic E-state index is 14.4. The number of carbonyl (C=O) groups excluding carboxylic acids is 1. The number of aromatic nitrogens is 3.